The predicted octanol–water partition coefficient (Wildman–Crippen LogP) is -0.222. The molecule has 2 rings (SSSR count). The Morgan fingerprint density at radius 3 is 2.86 bits per heavy atom. The summed E-state index contributed by atoms with van der Waals surface area (Å²) in [6.07, 6.45) is 1.98. The molecule has 0 saturated carbocycles. The Morgan fingerprint density at radius 1 is 1.48 bits per heavy atom. The number of likely N-dealkylation sites (tertiary alicyclic amines) is 1. The van der Waals surface area contributed by atoms with Gasteiger partial charge in [-0.05, 0) is 20.2 Å². The van der Waals surface area contributed by atoms with Crippen molar-refractivity contribution in [2.24, 2.45) is 5.92 Å². The summed E-state index contributed by atoms with van der Waals surface area (Å²) in [4.78, 5) is 29.8. The number of nitrogens with zero attached hydrogens (tertiary/aromatic N) is 4. The Hall–Kier alpha value is -1.89. The van der Waals surface area contributed by atoms with Crippen LogP contribution in [-0.2, 0) is 16.1 Å². The number of aromatic amines is 1. The van der Waals surface area contributed by atoms with Crippen LogP contribution in [0.25, 0.3) is 0 Å². The number of carbonyl (C=O) groups excluding carboxylic acids is 2. The first kappa shape index (κ1) is 15.5. The molecule has 1 aromatic rings. The van der Waals surface area contributed by atoms with Crippen molar-refractivity contribution in [3.63, 3.8) is 0 Å². The summed E-state index contributed by atoms with van der Waals surface area (Å²) in [5.41, 5.74) is 0.889. The highest BCUT2D eigenvalue weighted by Crippen LogP contribution is 2.20. The molecule has 0 spiro atoms. The highest BCUT2D eigenvalue weighted by Gasteiger charge is 2.35. The Balaban J connectivity index is 1.87. The summed E-state index contributed by atoms with van der Waals surface area (Å²) >= 11 is 0. The van der Waals surface area contributed by atoms with Gasteiger partial charge in [0, 0.05) is 39.3 Å². The lowest BCUT2D eigenvalue weighted by Crippen LogP contribution is -2.36. The van der Waals surface area contributed by atoms with Gasteiger partial charge < -0.3 is 14.7 Å². The molecule has 0 aromatic carbocycles. The zero-order valence-electron chi connectivity index (χ0n) is 12.9. The summed E-state index contributed by atoms with van der Waals surface area (Å²) in [6.45, 7) is 2.51. The first-order valence-corrected chi connectivity index (χ1v) is 7.13. The average Bonchev–Trinajstić information content (AvgIpc) is 3.05. The summed E-state index contributed by atoms with van der Waals surface area (Å²) in [5, 5.41) is 6.70. The van der Waals surface area contributed by atoms with Gasteiger partial charge in [-0.15, -0.1) is 0 Å². The lowest BCUT2D eigenvalue weighted by atomic mass is 10.1. The molecule has 7 heteroatoms. The molecular formula is C14H23N5O2. The van der Waals surface area contributed by atoms with Crippen LogP contribution in [0.1, 0.15) is 12.1 Å². The molecule has 1 saturated heterocycles. The van der Waals surface area contributed by atoms with Gasteiger partial charge in [-0.1, -0.05) is 0 Å². The number of likely N-dealkylation sites (N-methyl/N-ethyl adjacent to an activating group) is 1. The average molecular weight is 293 g/mol. The molecule has 1 fully saturated rings. The van der Waals surface area contributed by atoms with Crippen LogP contribution in [0.5, 0.6) is 0 Å². The quantitative estimate of drug-likeness (QED) is 0.787. The van der Waals surface area contributed by atoms with Crippen LogP contribution in [0.15, 0.2) is 12.3 Å². The summed E-state index contributed by atoms with van der Waals surface area (Å²) < 4.78 is 0. The number of hydrogen-bond acceptors (Lipinski definition) is 4. The van der Waals surface area contributed by atoms with E-state index in [-0.39, 0.29) is 17.7 Å². The minimum atomic E-state index is -0.229. The van der Waals surface area contributed by atoms with E-state index in [4.69, 9.17) is 0 Å². The van der Waals surface area contributed by atoms with E-state index in [2.05, 4.69) is 10.2 Å². The monoisotopic (exact) mass is 293 g/mol. The lowest BCUT2D eigenvalue weighted by molar-refractivity contribution is -0.135. The Bertz CT molecular complexity index is 486. The fraction of sp³-hybridized carbons (Fsp3) is 0.643. The van der Waals surface area contributed by atoms with Gasteiger partial charge in [0.2, 0.25) is 11.8 Å². The van der Waals surface area contributed by atoms with Gasteiger partial charge in [-0.2, -0.15) is 5.10 Å². The molecule has 1 aromatic heterocycles. The third-order valence-electron chi connectivity index (χ3n) is 3.72. The molecular weight excluding hydrogens is 270 g/mol. The van der Waals surface area contributed by atoms with Crippen LogP contribution >= 0.6 is 0 Å². The molecule has 21 heavy (non-hydrogen) atoms. The van der Waals surface area contributed by atoms with Crippen LogP contribution < -0.4 is 0 Å². The molecule has 0 bridgehead atoms. The maximum atomic E-state index is 12.4. The number of nitrogens with one attached hydrogen (secondary N) is 1. The first-order valence-electron chi connectivity index (χ1n) is 7.13. The van der Waals surface area contributed by atoms with Gasteiger partial charge in [-0.25, -0.2) is 0 Å². The van der Waals surface area contributed by atoms with E-state index in [0.717, 1.165) is 12.2 Å². The maximum Gasteiger partial charge on any atom is 0.228 e. The highest BCUT2D eigenvalue weighted by atomic mass is 16.2. The largest absolute Gasteiger partial charge is 0.341 e. The van der Waals surface area contributed by atoms with E-state index in [1.807, 2.05) is 25.1 Å². The molecule has 2 amide bonds. The first-order chi connectivity index (χ1) is 9.97. The fourth-order valence-electron chi connectivity index (χ4n) is 2.49. The van der Waals surface area contributed by atoms with E-state index in [1.54, 1.807) is 23.0 Å². The van der Waals surface area contributed by atoms with Crippen molar-refractivity contribution in [1.29, 1.82) is 0 Å². The SMILES string of the molecule is CN(C)CCN1C[C@@H](C(=O)N(C)Cc2ccn[nH]2)CC1=O. The Kier molecular flexibility index (Phi) is 4.95. The normalized spacial score (nSPS) is 18.6. The molecule has 1 aliphatic heterocycles. The molecule has 7 nitrogen and oxygen atoms in total. The van der Waals surface area contributed by atoms with Gasteiger partial charge in [0.1, 0.15) is 0 Å². The standard InChI is InChI=1S/C14H23N5O2/c1-17(2)6-7-19-9-11(8-13(19)20)14(21)18(3)10-12-4-5-15-16-12/h4-5,11H,6-10H2,1-3H3,(H,15,16)/t11-/m0/s1. The third-order valence-corrected chi connectivity index (χ3v) is 3.72. The molecule has 2 heterocycles. The molecule has 0 aliphatic carbocycles. The van der Waals surface area contributed by atoms with Gasteiger partial charge in [0.25, 0.3) is 0 Å². The van der Waals surface area contributed by atoms with Gasteiger partial charge in [0.15, 0.2) is 0 Å². The maximum absolute atomic E-state index is 12.4. The zero-order chi connectivity index (χ0) is 15.4. The van der Waals surface area contributed by atoms with Crippen molar-refractivity contribution < 1.29 is 9.59 Å². The number of carbonyl (C=O) groups is 2. The highest BCUT2D eigenvalue weighted by molar-refractivity contribution is 5.89. The zero-order valence-corrected chi connectivity index (χ0v) is 12.9. The summed E-state index contributed by atoms with van der Waals surface area (Å²) in [6, 6.07) is 1.84. The van der Waals surface area contributed by atoms with E-state index in [9.17, 15) is 9.59 Å². The van der Waals surface area contributed by atoms with Crippen LogP contribution in [0.3, 0.4) is 0 Å². The minimum Gasteiger partial charge on any atom is -0.341 e. The van der Waals surface area contributed by atoms with Gasteiger partial charge >= 0.3 is 0 Å². The topological polar surface area (TPSA) is 72.5 Å². The molecule has 1 N–H and O–H groups in total. The number of aromatic nitrogens is 2. The number of hydrogen-bond donors (Lipinski definition) is 1. The van der Waals surface area contributed by atoms with Crippen molar-refractivity contribution in [2.45, 2.75) is 13.0 Å². The van der Waals surface area contributed by atoms with Crippen molar-refractivity contribution in [3.8, 4) is 0 Å². The smallest absolute Gasteiger partial charge is 0.228 e. The van der Waals surface area contributed by atoms with Crippen molar-refractivity contribution in [3.05, 3.63) is 18.0 Å². The molecule has 1 atom stereocenters. The number of amides is 2. The Labute approximate surface area is 124 Å². The third kappa shape index (κ3) is 4.04. The second-order valence-corrected chi connectivity index (χ2v) is 5.82. The van der Waals surface area contributed by atoms with Crippen LogP contribution in [0, 0.1) is 5.92 Å². The summed E-state index contributed by atoms with van der Waals surface area (Å²) in [5.74, 6) is -0.136. The predicted molar refractivity (Wildman–Crippen MR) is 78.3 cm³/mol. The van der Waals surface area contributed by atoms with Crippen LogP contribution in [0.4, 0.5) is 0 Å². The fourth-order valence-corrected chi connectivity index (χ4v) is 2.49. The van der Waals surface area contributed by atoms with Crippen molar-refractivity contribution in [1.82, 2.24) is 24.9 Å². The second-order valence-electron chi connectivity index (χ2n) is 5.82. The second kappa shape index (κ2) is 6.71. The molecule has 116 valence electrons. The summed E-state index contributed by atoms with van der Waals surface area (Å²) in [7, 11) is 5.71. The van der Waals surface area contributed by atoms with Gasteiger partial charge in [0.05, 0.1) is 18.2 Å². The van der Waals surface area contributed by atoms with E-state index in [0.29, 0.717) is 26.1 Å². The van der Waals surface area contributed by atoms with E-state index >= 15 is 0 Å². The number of H-pyrrole nitrogens is 1. The molecule has 1 aliphatic rings. The van der Waals surface area contributed by atoms with Crippen LogP contribution in [0.2, 0.25) is 0 Å². The van der Waals surface area contributed by atoms with Gasteiger partial charge in [-0.3, -0.25) is 14.7 Å². The molecule has 0 radical (unpaired) electrons. The number of rotatable bonds is 6. The van der Waals surface area contributed by atoms with Crippen molar-refractivity contribution in [2.75, 3.05) is 40.8 Å². The van der Waals surface area contributed by atoms with E-state index < -0.39 is 0 Å². The van der Waals surface area contributed by atoms with E-state index in [1.165, 1.54) is 0 Å². The lowest BCUT2D eigenvalue weighted by Gasteiger charge is -2.21. The minimum absolute atomic E-state index is 0.0188. The Morgan fingerprint density at radius 2 is 2.24 bits per heavy atom. The van der Waals surface area contributed by atoms with Crippen LogP contribution in [-0.4, -0.2) is 77.5 Å². The van der Waals surface area contributed by atoms with Crippen molar-refractivity contribution >= 4 is 11.8 Å². The molecule has 0 unspecified atom stereocenters.